The van der Waals surface area contributed by atoms with Crippen LogP contribution in [0, 0.1) is 11.3 Å². The van der Waals surface area contributed by atoms with E-state index in [0.29, 0.717) is 5.92 Å². The predicted octanol–water partition coefficient (Wildman–Crippen LogP) is 2.86. The molecule has 14 heavy (non-hydrogen) atoms. The summed E-state index contributed by atoms with van der Waals surface area (Å²) < 4.78 is 0. The zero-order chi connectivity index (χ0) is 11.4. The Kier molecular flexibility index (Phi) is 5.10. The van der Waals surface area contributed by atoms with Crippen LogP contribution >= 0.6 is 0 Å². The molecule has 0 saturated carbocycles. The molecule has 0 aliphatic carbocycles. The Hall–Kier alpha value is -0.0800. The van der Waals surface area contributed by atoms with Crippen LogP contribution in [0.5, 0.6) is 0 Å². The number of nitrogens with two attached hydrogens (primary N) is 2. The van der Waals surface area contributed by atoms with Gasteiger partial charge in [0.2, 0.25) is 0 Å². The van der Waals surface area contributed by atoms with Gasteiger partial charge >= 0.3 is 0 Å². The third-order valence-corrected chi connectivity index (χ3v) is 3.86. The van der Waals surface area contributed by atoms with Crippen molar-refractivity contribution in [3.63, 3.8) is 0 Å². The van der Waals surface area contributed by atoms with Crippen molar-refractivity contribution in [3.8, 4) is 0 Å². The van der Waals surface area contributed by atoms with Gasteiger partial charge in [0.05, 0.1) is 5.66 Å². The van der Waals surface area contributed by atoms with E-state index in [1.54, 1.807) is 0 Å². The lowest BCUT2D eigenvalue weighted by Crippen LogP contribution is -2.60. The van der Waals surface area contributed by atoms with Crippen molar-refractivity contribution in [1.29, 1.82) is 0 Å². The molecule has 0 aromatic carbocycles. The maximum atomic E-state index is 6.00. The summed E-state index contributed by atoms with van der Waals surface area (Å²) in [5.41, 5.74) is 11.4. The number of hydrogen-bond donors (Lipinski definition) is 2. The number of hydrogen-bond acceptors (Lipinski definition) is 2. The Labute approximate surface area is 89.4 Å². The number of unbranched alkanes of at least 4 members (excludes halogenated alkanes) is 2. The van der Waals surface area contributed by atoms with Crippen LogP contribution in [0.3, 0.4) is 0 Å². The maximum Gasteiger partial charge on any atom is 0.0662 e. The van der Waals surface area contributed by atoms with Crippen LogP contribution in [-0.4, -0.2) is 5.66 Å². The lowest BCUT2D eigenvalue weighted by Gasteiger charge is -2.43. The largest absolute Gasteiger partial charge is 0.313 e. The van der Waals surface area contributed by atoms with Gasteiger partial charge < -0.3 is 11.5 Å². The van der Waals surface area contributed by atoms with Gasteiger partial charge in [0, 0.05) is 0 Å². The molecule has 86 valence electrons. The molecule has 1 atom stereocenters. The summed E-state index contributed by atoms with van der Waals surface area (Å²) in [6, 6.07) is 0. The van der Waals surface area contributed by atoms with Gasteiger partial charge in [0.1, 0.15) is 0 Å². The highest BCUT2D eigenvalue weighted by atomic mass is 15.0. The van der Waals surface area contributed by atoms with Gasteiger partial charge in [-0.3, -0.25) is 0 Å². The lowest BCUT2D eigenvalue weighted by atomic mass is 9.69. The average Bonchev–Trinajstić information content (AvgIpc) is 2.02. The minimum Gasteiger partial charge on any atom is -0.313 e. The Morgan fingerprint density at radius 3 is 1.93 bits per heavy atom. The van der Waals surface area contributed by atoms with Crippen LogP contribution in [0.1, 0.15) is 60.3 Å². The fourth-order valence-electron chi connectivity index (χ4n) is 1.59. The molecule has 1 unspecified atom stereocenters. The van der Waals surface area contributed by atoms with Gasteiger partial charge in [-0.05, 0) is 18.3 Å². The average molecular weight is 200 g/mol. The molecule has 0 aromatic heterocycles. The molecule has 0 heterocycles. The molecule has 0 bridgehead atoms. The zero-order valence-electron chi connectivity index (χ0n) is 10.6. The lowest BCUT2D eigenvalue weighted by molar-refractivity contribution is 0.102. The van der Waals surface area contributed by atoms with E-state index in [1.807, 2.05) is 6.92 Å². The molecule has 4 N–H and O–H groups in total. The van der Waals surface area contributed by atoms with E-state index in [0.717, 1.165) is 0 Å². The van der Waals surface area contributed by atoms with Crippen LogP contribution < -0.4 is 11.5 Å². The molecule has 0 amide bonds. The van der Waals surface area contributed by atoms with Gasteiger partial charge in [-0.25, -0.2) is 0 Å². The third kappa shape index (κ3) is 3.58. The van der Waals surface area contributed by atoms with Crippen molar-refractivity contribution in [2.45, 2.75) is 66.0 Å². The molecule has 0 aliphatic heterocycles. The minimum absolute atomic E-state index is 0.000736. The SMILES string of the molecule is CCCCCC(C)C(C)(C)C(C)(N)N. The van der Waals surface area contributed by atoms with E-state index in [2.05, 4.69) is 27.7 Å². The fourth-order valence-corrected chi connectivity index (χ4v) is 1.59. The van der Waals surface area contributed by atoms with Gasteiger partial charge in [-0.2, -0.15) is 0 Å². The summed E-state index contributed by atoms with van der Waals surface area (Å²) in [6.45, 7) is 10.7. The first-order valence-corrected chi connectivity index (χ1v) is 5.81. The molecule has 0 aliphatic rings. The van der Waals surface area contributed by atoms with Crippen molar-refractivity contribution < 1.29 is 0 Å². The molecule has 0 aromatic rings. The Balaban J connectivity index is 4.15. The molecule has 0 spiro atoms. The first kappa shape index (κ1) is 13.9. The zero-order valence-corrected chi connectivity index (χ0v) is 10.6. The summed E-state index contributed by atoms with van der Waals surface area (Å²) in [5.74, 6) is 0.578. The summed E-state index contributed by atoms with van der Waals surface area (Å²) >= 11 is 0. The molecule has 2 heteroatoms. The first-order valence-electron chi connectivity index (χ1n) is 5.81. The van der Waals surface area contributed by atoms with Crippen molar-refractivity contribution in [1.82, 2.24) is 0 Å². The highest BCUT2D eigenvalue weighted by Crippen LogP contribution is 2.36. The second-order valence-electron chi connectivity index (χ2n) is 5.40. The van der Waals surface area contributed by atoms with Crippen LogP contribution in [0.15, 0.2) is 0 Å². The quantitative estimate of drug-likeness (QED) is 0.511. The van der Waals surface area contributed by atoms with Crippen LogP contribution in [0.4, 0.5) is 0 Å². The molecule has 0 rings (SSSR count). The number of rotatable bonds is 6. The standard InChI is InChI=1S/C12H28N2/c1-6-7-8-9-10(2)11(3,4)12(5,13)14/h10H,6-9,13-14H2,1-5H3. The van der Waals surface area contributed by atoms with Crippen LogP contribution in [-0.2, 0) is 0 Å². The molecular formula is C12H28N2. The monoisotopic (exact) mass is 200 g/mol. The predicted molar refractivity (Wildman–Crippen MR) is 63.9 cm³/mol. The molecular weight excluding hydrogens is 172 g/mol. The van der Waals surface area contributed by atoms with E-state index in [4.69, 9.17) is 11.5 Å². The molecule has 2 nitrogen and oxygen atoms in total. The molecule has 0 fully saturated rings. The molecule has 0 saturated heterocycles. The second kappa shape index (κ2) is 5.13. The second-order valence-corrected chi connectivity index (χ2v) is 5.40. The highest BCUT2D eigenvalue weighted by Gasteiger charge is 2.38. The fraction of sp³-hybridized carbons (Fsp3) is 1.00. The van der Waals surface area contributed by atoms with E-state index in [1.165, 1.54) is 25.7 Å². The first-order chi connectivity index (χ1) is 6.23. The van der Waals surface area contributed by atoms with Gasteiger partial charge in [-0.15, -0.1) is 0 Å². The van der Waals surface area contributed by atoms with Crippen molar-refractivity contribution in [2.75, 3.05) is 0 Å². The summed E-state index contributed by atoms with van der Waals surface area (Å²) in [4.78, 5) is 0. The third-order valence-electron chi connectivity index (χ3n) is 3.86. The Morgan fingerprint density at radius 2 is 1.57 bits per heavy atom. The topological polar surface area (TPSA) is 52.0 Å². The summed E-state index contributed by atoms with van der Waals surface area (Å²) in [5, 5.41) is 0. The maximum absolute atomic E-state index is 6.00. The van der Waals surface area contributed by atoms with E-state index < -0.39 is 5.66 Å². The van der Waals surface area contributed by atoms with E-state index in [-0.39, 0.29) is 5.41 Å². The van der Waals surface area contributed by atoms with Crippen molar-refractivity contribution >= 4 is 0 Å². The summed E-state index contributed by atoms with van der Waals surface area (Å²) in [7, 11) is 0. The van der Waals surface area contributed by atoms with Gasteiger partial charge in [0.25, 0.3) is 0 Å². The normalized spacial score (nSPS) is 15.6. The highest BCUT2D eigenvalue weighted by molar-refractivity contribution is 4.92. The molecule has 0 radical (unpaired) electrons. The van der Waals surface area contributed by atoms with Crippen molar-refractivity contribution in [3.05, 3.63) is 0 Å². The van der Waals surface area contributed by atoms with Crippen molar-refractivity contribution in [2.24, 2.45) is 22.8 Å². The van der Waals surface area contributed by atoms with Gasteiger partial charge in [-0.1, -0.05) is 53.4 Å². The summed E-state index contributed by atoms with van der Waals surface area (Å²) in [6.07, 6.45) is 5.10. The van der Waals surface area contributed by atoms with E-state index >= 15 is 0 Å². The minimum atomic E-state index is -0.585. The Morgan fingerprint density at radius 1 is 1.07 bits per heavy atom. The van der Waals surface area contributed by atoms with E-state index in [9.17, 15) is 0 Å². The van der Waals surface area contributed by atoms with Crippen LogP contribution in [0.25, 0.3) is 0 Å². The smallest absolute Gasteiger partial charge is 0.0662 e. The Bertz CT molecular complexity index is 156. The van der Waals surface area contributed by atoms with Gasteiger partial charge in [0.15, 0.2) is 0 Å². The van der Waals surface area contributed by atoms with Crippen LogP contribution in [0.2, 0.25) is 0 Å².